The van der Waals surface area contributed by atoms with Crippen molar-refractivity contribution in [3.05, 3.63) is 60.0 Å². The van der Waals surface area contributed by atoms with Crippen molar-refractivity contribution in [1.29, 1.82) is 0 Å². The quantitative estimate of drug-likeness (QED) is 0.636. The van der Waals surface area contributed by atoms with Crippen molar-refractivity contribution in [2.24, 2.45) is 5.73 Å². The molecule has 0 unspecified atom stereocenters. The normalized spacial score (nSPS) is 11.0. The molecule has 0 aliphatic carbocycles. The smallest absolute Gasteiger partial charge is 0.128 e. The summed E-state index contributed by atoms with van der Waals surface area (Å²) in [6, 6.07) is 12.6. The molecule has 2 aromatic rings. The van der Waals surface area contributed by atoms with Crippen LogP contribution in [0.4, 0.5) is 10.2 Å². The third-order valence-electron chi connectivity index (χ3n) is 4.26. The average molecular weight is 344 g/mol. The Bertz CT molecular complexity index is 588. The Morgan fingerprint density at radius 3 is 2.44 bits per heavy atom. The Balaban J connectivity index is 1.92. The fourth-order valence-corrected chi connectivity index (χ4v) is 2.73. The number of likely N-dealkylation sites (N-methyl/N-ethyl adjacent to an activating group) is 1. The Morgan fingerprint density at radius 2 is 1.76 bits per heavy atom. The van der Waals surface area contributed by atoms with Crippen molar-refractivity contribution in [3.8, 4) is 0 Å². The lowest BCUT2D eigenvalue weighted by molar-refractivity contribution is 0.329. The number of nitrogens with two attached hydrogens (primary N) is 1. The maximum absolute atomic E-state index is 13.1. The van der Waals surface area contributed by atoms with Crippen LogP contribution in [0.2, 0.25) is 0 Å². The Morgan fingerprint density at radius 1 is 0.960 bits per heavy atom. The summed E-state index contributed by atoms with van der Waals surface area (Å²) in [6.45, 7) is 4.40. The molecule has 2 rings (SSSR count). The van der Waals surface area contributed by atoms with E-state index in [1.165, 1.54) is 25.0 Å². The van der Waals surface area contributed by atoms with Crippen molar-refractivity contribution in [2.75, 3.05) is 38.1 Å². The molecule has 0 spiro atoms. The van der Waals surface area contributed by atoms with Crippen molar-refractivity contribution < 1.29 is 4.39 Å². The molecule has 5 heteroatoms. The van der Waals surface area contributed by atoms with E-state index in [2.05, 4.69) is 21.8 Å². The van der Waals surface area contributed by atoms with Gasteiger partial charge in [0, 0.05) is 25.8 Å². The molecule has 25 heavy (non-hydrogen) atoms. The van der Waals surface area contributed by atoms with Gasteiger partial charge in [0.05, 0.1) is 0 Å². The third-order valence-corrected chi connectivity index (χ3v) is 4.26. The van der Waals surface area contributed by atoms with Gasteiger partial charge < -0.3 is 15.5 Å². The van der Waals surface area contributed by atoms with Crippen LogP contribution in [0.1, 0.15) is 24.8 Å². The molecule has 1 aromatic carbocycles. The number of nitrogens with zero attached hydrogens (tertiary/aromatic N) is 3. The molecule has 4 nitrogen and oxygen atoms in total. The molecule has 0 aliphatic heterocycles. The molecule has 2 N–H and O–H groups in total. The first kappa shape index (κ1) is 19.3. The topological polar surface area (TPSA) is 45.4 Å². The van der Waals surface area contributed by atoms with Gasteiger partial charge in [-0.25, -0.2) is 9.37 Å². The molecule has 0 saturated heterocycles. The first-order valence-electron chi connectivity index (χ1n) is 8.98. The molecule has 0 radical (unpaired) electrons. The van der Waals surface area contributed by atoms with E-state index >= 15 is 0 Å². The zero-order chi connectivity index (χ0) is 17.9. The second kappa shape index (κ2) is 10.8. The maximum atomic E-state index is 13.1. The number of pyridine rings is 1. The number of hydrogen-bond donors (Lipinski definition) is 1. The first-order valence-corrected chi connectivity index (χ1v) is 8.98. The number of halogens is 1. The van der Waals surface area contributed by atoms with Crippen molar-refractivity contribution in [1.82, 2.24) is 9.88 Å². The van der Waals surface area contributed by atoms with E-state index in [1.54, 1.807) is 0 Å². The monoisotopic (exact) mass is 344 g/mol. The number of hydrogen-bond acceptors (Lipinski definition) is 4. The molecule has 136 valence electrons. The number of anilines is 1. The second-order valence-corrected chi connectivity index (χ2v) is 6.39. The van der Waals surface area contributed by atoms with Crippen molar-refractivity contribution in [3.63, 3.8) is 0 Å². The highest BCUT2D eigenvalue weighted by Gasteiger charge is 2.10. The zero-order valence-corrected chi connectivity index (χ0v) is 15.1. The van der Waals surface area contributed by atoms with Gasteiger partial charge >= 0.3 is 0 Å². The molecule has 0 amide bonds. The number of aromatic nitrogens is 1. The van der Waals surface area contributed by atoms with Crippen LogP contribution in [0.3, 0.4) is 0 Å². The van der Waals surface area contributed by atoms with Crippen LogP contribution in [0.25, 0.3) is 0 Å². The van der Waals surface area contributed by atoms with Gasteiger partial charge in [0.2, 0.25) is 0 Å². The summed E-state index contributed by atoms with van der Waals surface area (Å²) in [5.74, 6) is 0.744. The van der Waals surface area contributed by atoms with E-state index in [9.17, 15) is 4.39 Å². The molecule has 0 atom stereocenters. The van der Waals surface area contributed by atoms with E-state index < -0.39 is 0 Å². The highest BCUT2D eigenvalue weighted by molar-refractivity contribution is 5.39. The Hall–Kier alpha value is -1.98. The predicted octanol–water partition coefficient (Wildman–Crippen LogP) is 3.29. The van der Waals surface area contributed by atoms with Gasteiger partial charge in [0.15, 0.2) is 0 Å². The van der Waals surface area contributed by atoms with Gasteiger partial charge in [0.1, 0.15) is 11.6 Å². The zero-order valence-electron chi connectivity index (χ0n) is 15.1. The highest BCUT2D eigenvalue weighted by atomic mass is 19.1. The van der Waals surface area contributed by atoms with Crippen LogP contribution < -0.4 is 10.6 Å². The molecule has 0 aliphatic rings. The minimum absolute atomic E-state index is 0.203. The first-order chi connectivity index (χ1) is 12.2. The fraction of sp³-hybridized carbons (Fsp3) is 0.450. The van der Waals surface area contributed by atoms with Crippen LogP contribution >= 0.6 is 0 Å². The van der Waals surface area contributed by atoms with Crippen LogP contribution in [0.5, 0.6) is 0 Å². The summed E-state index contributed by atoms with van der Waals surface area (Å²) in [6.07, 6.45) is 5.26. The number of benzene rings is 1. The summed E-state index contributed by atoms with van der Waals surface area (Å²) in [4.78, 5) is 9.06. The lowest BCUT2D eigenvalue weighted by Crippen LogP contribution is -2.34. The van der Waals surface area contributed by atoms with Gasteiger partial charge in [-0.3, -0.25) is 0 Å². The van der Waals surface area contributed by atoms with Crippen molar-refractivity contribution >= 4 is 5.82 Å². The third kappa shape index (κ3) is 7.20. The summed E-state index contributed by atoms with van der Waals surface area (Å²) in [5.41, 5.74) is 6.62. The van der Waals surface area contributed by atoms with E-state index in [-0.39, 0.29) is 5.82 Å². The Kier molecular flexibility index (Phi) is 8.35. The second-order valence-electron chi connectivity index (χ2n) is 6.39. The summed E-state index contributed by atoms with van der Waals surface area (Å²) in [7, 11) is 2.15. The minimum atomic E-state index is -0.203. The number of unbranched alkanes of at least 4 members (excludes halogenated alkanes) is 2. The molecule has 0 saturated carbocycles. The van der Waals surface area contributed by atoms with E-state index in [0.717, 1.165) is 50.5 Å². The summed E-state index contributed by atoms with van der Waals surface area (Å²) < 4.78 is 13.1. The Labute approximate surface area is 150 Å². The van der Waals surface area contributed by atoms with E-state index in [1.807, 2.05) is 36.5 Å². The SMILES string of the molecule is CN(CCCCCN)CCN(Cc1ccc(F)cc1)c1ccccn1. The molecule has 0 bridgehead atoms. The lowest BCUT2D eigenvalue weighted by Gasteiger charge is -2.27. The van der Waals surface area contributed by atoms with Crippen LogP contribution in [0.15, 0.2) is 48.7 Å². The average Bonchev–Trinajstić information content (AvgIpc) is 2.64. The van der Waals surface area contributed by atoms with Gasteiger partial charge in [-0.1, -0.05) is 24.6 Å². The van der Waals surface area contributed by atoms with Gasteiger partial charge in [-0.05, 0) is 62.8 Å². The van der Waals surface area contributed by atoms with Crippen LogP contribution in [-0.2, 0) is 6.54 Å². The molecule has 0 fully saturated rings. The van der Waals surface area contributed by atoms with Gasteiger partial charge in [-0.2, -0.15) is 0 Å². The predicted molar refractivity (Wildman–Crippen MR) is 102 cm³/mol. The molecular formula is C20H29FN4. The maximum Gasteiger partial charge on any atom is 0.128 e. The van der Waals surface area contributed by atoms with Gasteiger partial charge in [0.25, 0.3) is 0 Å². The lowest BCUT2D eigenvalue weighted by atomic mass is 10.2. The van der Waals surface area contributed by atoms with E-state index in [4.69, 9.17) is 5.73 Å². The van der Waals surface area contributed by atoms with E-state index in [0.29, 0.717) is 0 Å². The number of rotatable bonds is 11. The van der Waals surface area contributed by atoms with Gasteiger partial charge in [-0.15, -0.1) is 0 Å². The molecule has 1 aromatic heterocycles. The summed E-state index contributed by atoms with van der Waals surface area (Å²) in [5, 5.41) is 0. The standard InChI is InChI=1S/C20H29FN4/c1-24(14-6-2-4-12-22)15-16-25(20-7-3-5-13-23-20)17-18-8-10-19(21)11-9-18/h3,5,7-11,13H,2,4,6,12,14-17,22H2,1H3. The molecular weight excluding hydrogens is 315 g/mol. The summed E-state index contributed by atoms with van der Waals surface area (Å²) >= 11 is 0. The molecule has 1 heterocycles. The van der Waals surface area contributed by atoms with Crippen molar-refractivity contribution in [2.45, 2.75) is 25.8 Å². The fourth-order valence-electron chi connectivity index (χ4n) is 2.73. The minimum Gasteiger partial charge on any atom is -0.351 e. The van der Waals surface area contributed by atoms with Crippen LogP contribution in [-0.4, -0.2) is 43.1 Å². The largest absolute Gasteiger partial charge is 0.351 e. The van der Waals surface area contributed by atoms with Crippen LogP contribution in [0, 0.1) is 5.82 Å². The highest BCUT2D eigenvalue weighted by Crippen LogP contribution is 2.14.